The zero-order chi connectivity index (χ0) is 15.2. The molecule has 1 aliphatic heterocycles. The molecule has 5 nitrogen and oxygen atoms in total. The predicted octanol–water partition coefficient (Wildman–Crippen LogP) is 1.62. The summed E-state index contributed by atoms with van der Waals surface area (Å²) in [6.45, 7) is 5.01. The first-order chi connectivity index (χ1) is 10.1. The van der Waals surface area contributed by atoms with Crippen LogP contribution in [-0.2, 0) is 11.3 Å². The number of aryl methyl sites for hydroxylation is 1. The molecule has 1 aromatic heterocycles. The number of hydrogen-bond acceptors (Lipinski definition) is 4. The second-order valence-corrected chi connectivity index (χ2v) is 6.08. The van der Waals surface area contributed by atoms with E-state index in [-0.39, 0.29) is 11.9 Å². The van der Waals surface area contributed by atoms with Crippen LogP contribution in [0.15, 0.2) is 16.5 Å². The van der Waals surface area contributed by atoms with Gasteiger partial charge in [-0.3, -0.25) is 4.79 Å². The summed E-state index contributed by atoms with van der Waals surface area (Å²) in [6.07, 6.45) is 3.23. The molecule has 5 heteroatoms. The second kappa shape index (κ2) is 7.61. The van der Waals surface area contributed by atoms with Crippen LogP contribution in [0, 0.1) is 6.92 Å². The highest BCUT2D eigenvalue weighted by Gasteiger charge is 2.26. The van der Waals surface area contributed by atoms with Crippen LogP contribution >= 0.6 is 0 Å². The molecule has 2 heterocycles. The fraction of sp³-hybridized carbons (Fsp3) is 0.688. The number of furan rings is 1. The van der Waals surface area contributed by atoms with Crippen molar-refractivity contribution in [2.75, 3.05) is 33.7 Å². The zero-order valence-electron chi connectivity index (χ0n) is 13.4. The molecule has 1 amide bonds. The molecule has 118 valence electrons. The van der Waals surface area contributed by atoms with E-state index >= 15 is 0 Å². The lowest BCUT2D eigenvalue weighted by Crippen LogP contribution is -2.49. The van der Waals surface area contributed by atoms with E-state index < -0.39 is 0 Å². The quantitative estimate of drug-likeness (QED) is 0.866. The van der Waals surface area contributed by atoms with Crippen molar-refractivity contribution in [3.05, 3.63) is 23.7 Å². The predicted molar refractivity (Wildman–Crippen MR) is 83.1 cm³/mol. The van der Waals surface area contributed by atoms with Crippen LogP contribution in [0.4, 0.5) is 0 Å². The molecule has 1 fully saturated rings. The van der Waals surface area contributed by atoms with Crippen molar-refractivity contribution in [2.45, 2.75) is 38.8 Å². The summed E-state index contributed by atoms with van der Waals surface area (Å²) in [5.41, 5.74) is 0. The van der Waals surface area contributed by atoms with E-state index in [1.807, 2.05) is 38.1 Å². The van der Waals surface area contributed by atoms with Gasteiger partial charge in [0.2, 0.25) is 5.91 Å². The third-order valence-corrected chi connectivity index (χ3v) is 3.88. The van der Waals surface area contributed by atoms with Gasteiger partial charge in [0.1, 0.15) is 11.5 Å². The maximum atomic E-state index is 12.7. The Labute approximate surface area is 127 Å². The van der Waals surface area contributed by atoms with Gasteiger partial charge in [-0.15, -0.1) is 0 Å². The number of piperidine rings is 1. The summed E-state index contributed by atoms with van der Waals surface area (Å²) >= 11 is 0. The SMILES string of the molecule is Cc1ccc(CN(CCN(C)C)C(=O)C2CCCCN2)o1. The van der Waals surface area contributed by atoms with Crippen molar-refractivity contribution < 1.29 is 9.21 Å². The summed E-state index contributed by atoms with van der Waals surface area (Å²) in [5, 5.41) is 3.34. The molecule has 21 heavy (non-hydrogen) atoms. The van der Waals surface area contributed by atoms with E-state index in [0.29, 0.717) is 6.54 Å². The first-order valence-electron chi connectivity index (χ1n) is 7.78. The van der Waals surface area contributed by atoms with Gasteiger partial charge in [-0.25, -0.2) is 0 Å². The van der Waals surface area contributed by atoms with Gasteiger partial charge in [-0.1, -0.05) is 6.42 Å². The monoisotopic (exact) mass is 293 g/mol. The number of carbonyl (C=O) groups is 1. The highest BCUT2D eigenvalue weighted by atomic mass is 16.3. The molecule has 0 radical (unpaired) electrons. The Hall–Kier alpha value is -1.33. The second-order valence-electron chi connectivity index (χ2n) is 6.08. The van der Waals surface area contributed by atoms with Gasteiger partial charge in [0.25, 0.3) is 0 Å². The van der Waals surface area contributed by atoms with Crippen LogP contribution in [-0.4, -0.2) is 55.5 Å². The minimum absolute atomic E-state index is 0.0306. The van der Waals surface area contributed by atoms with Crippen molar-refractivity contribution in [3.8, 4) is 0 Å². The van der Waals surface area contributed by atoms with Crippen LogP contribution in [0.25, 0.3) is 0 Å². The van der Waals surface area contributed by atoms with E-state index in [2.05, 4.69) is 10.2 Å². The number of hydrogen-bond donors (Lipinski definition) is 1. The Balaban J connectivity index is 2.01. The lowest BCUT2D eigenvalue weighted by Gasteiger charge is -2.30. The van der Waals surface area contributed by atoms with E-state index in [1.54, 1.807) is 0 Å². The molecule has 0 aliphatic carbocycles. The van der Waals surface area contributed by atoms with E-state index in [4.69, 9.17) is 4.42 Å². The van der Waals surface area contributed by atoms with E-state index in [1.165, 1.54) is 6.42 Å². The largest absolute Gasteiger partial charge is 0.464 e. The van der Waals surface area contributed by atoms with Gasteiger partial charge in [0.15, 0.2) is 0 Å². The van der Waals surface area contributed by atoms with Crippen LogP contribution in [0.2, 0.25) is 0 Å². The van der Waals surface area contributed by atoms with E-state index in [0.717, 1.165) is 44.0 Å². The first kappa shape index (κ1) is 16.0. The molecule has 1 aromatic rings. The van der Waals surface area contributed by atoms with Gasteiger partial charge < -0.3 is 19.5 Å². The average molecular weight is 293 g/mol. The van der Waals surface area contributed by atoms with Crippen molar-refractivity contribution in [1.29, 1.82) is 0 Å². The van der Waals surface area contributed by atoms with Crippen LogP contribution in [0.5, 0.6) is 0 Å². The molecular weight excluding hydrogens is 266 g/mol. The molecule has 1 saturated heterocycles. The van der Waals surface area contributed by atoms with Gasteiger partial charge in [-0.2, -0.15) is 0 Å². The van der Waals surface area contributed by atoms with Crippen molar-refractivity contribution in [3.63, 3.8) is 0 Å². The normalized spacial score (nSPS) is 19.0. The van der Waals surface area contributed by atoms with Gasteiger partial charge in [0.05, 0.1) is 12.6 Å². The molecule has 1 unspecified atom stereocenters. The number of carbonyl (C=O) groups excluding carboxylic acids is 1. The third-order valence-electron chi connectivity index (χ3n) is 3.88. The Morgan fingerprint density at radius 3 is 2.71 bits per heavy atom. The highest BCUT2D eigenvalue weighted by Crippen LogP contribution is 2.14. The molecule has 0 saturated carbocycles. The van der Waals surface area contributed by atoms with Crippen LogP contribution in [0.3, 0.4) is 0 Å². The Morgan fingerprint density at radius 2 is 2.14 bits per heavy atom. The topological polar surface area (TPSA) is 48.7 Å². The molecule has 1 aliphatic rings. The first-order valence-corrected chi connectivity index (χ1v) is 7.78. The van der Waals surface area contributed by atoms with Gasteiger partial charge >= 0.3 is 0 Å². The van der Waals surface area contributed by atoms with Crippen LogP contribution in [0.1, 0.15) is 30.8 Å². The number of likely N-dealkylation sites (N-methyl/N-ethyl adjacent to an activating group) is 1. The minimum Gasteiger partial charge on any atom is -0.464 e. The Morgan fingerprint density at radius 1 is 1.33 bits per heavy atom. The highest BCUT2D eigenvalue weighted by molar-refractivity contribution is 5.82. The summed E-state index contributed by atoms with van der Waals surface area (Å²) in [5.74, 6) is 1.95. The molecule has 0 aromatic carbocycles. The fourth-order valence-corrected chi connectivity index (χ4v) is 2.63. The van der Waals surface area contributed by atoms with Crippen molar-refractivity contribution in [2.24, 2.45) is 0 Å². The molecule has 1 atom stereocenters. The molecule has 1 N–H and O–H groups in total. The number of nitrogens with one attached hydrogen (secondary N) is 1. The maximum Gasteiger partial charge on any atom is 0.240 e. The molecule has 0 spiro atoms. The average Bonchev–Trinajstić information content (AvgIpc) is 2.89. The summed E-state index contributed by atoms with van der Waals surface area (Å²) in [7, 11) is 4.05. The molecule has 0 bridgehead atoms. The maximum absolute atomic E-state index is 12.7. The number of amides is 1. The zero-order valence-corrected chi connectivity index (χ0v) is 13.4. The lowest BCUT2D eigenvalue weighted by atomic mass is 10.0. The number of rotatable bonds is 6. The van der Waals surface area contributed by atoms with Crippen molar-refractivity contribution in [1.82, 2.24) is 15.1 Å². The van der Waals surface area contributed by atoms with E-state index in [9.17, 15) is 4.79 Å². The smallest absolute Gasteiger partial charge is 0.240 e. The Bertz CT molecular complexity index is 450. The fourth-order valence-electron chi connectivity index (χ4n) is 2.63. The summed E-state index contributed by atoms with van der Waals surface area (Å²) in [6, 6.07) is 3.87. The Kier molecular flexibility index (Phi) is 5.82. The van der Waals surface area contributed by atoms with Gasteiger partial charge in [-0.05, 0) is 52.5 Å². The molecule has 2 rings (SSSR count). The third kappa shape index (κ3) is 4.86. The lowest BCUT2D eigenvalue weighted by molar-refractivity contribution is -0.135. The standard InChI is InChI=1S/C16H27N3O2/c1-13-7-8-14(21-13)12-19(11-10-18(2)3)16(20)15-6-4-5-9-17-15/h7-8,15,17H,4-6,9-12H2,1-3H3. The number of nitrogens with zero attached hydrogens (tertiary/aromatic N) is 2. The summed E-state index contributed by atoms with van der Waals surface area (Å²) in [4.78, 5) is 16.7. The summed E-state index contributed by atoms with van der Waals surface area (Å²) < 4.78 is 5.63. The van der Waals surface area contributed by atoms with Crippen LogP contribution < -0.4 is 5.32 Å². The molecular formula is C16H27N3O2. The van der Waals surface area contributed by atoms with Gasteiger partial charge in [0, 0.05) is 13.1 Å². The van der Waals surface area contributed by atoms with Crippen molar-refractivity contribution >= 4 is 5.91 Å². The minimum atomic E-state index is -0.0306.